The van der Waals surface area contributed by atoms with E-state index in [1.165, 1.54) is 18.5 Å². The van der Waals surface area contributed by atoms with Crippen LogP contribution in [0.5, 0.6) is 11.5 Å². The first-order valence-electron chi connectivity index (χ1n) is 6.97. The molecule has 1 aliphatic rings. The Bertz CT molecular complexity index is 634. The van der Waals surface area contributed by atoms with Crippen LogP contribution < -0.4 is 9.47 Å². The minimum atomic E-state index is -3.95. The smallest absolute Gasteiger partial charge is 0.246 e. The SMILES string of the molecule is CCC1CN(S(=O)(=O)c2cc(OC)c(OC)cc2F)CCO1. The minimum Gasteiger partial charge on any atom is -0.493 e. The van der Waals surface area contributed by atoms with Crippen molar-refractivity contribution in [1.29, 1.82) is 0 Å². The molecule has 0 aliphatic carbocycles. The summed E-state index contributed by atoms with van der Waals surface area (Å²) < 4.78 is 56.3. The monoisotopic (exact) mass is 333 g/mol. The molecule has 0 saturated carbocycles. The summed E-state index contributed by atoms with van der Waals surface area (Å²) in [5.74, 6) is -0.549. The van der Waals surface area contributed by atoms with Gasteiger partial charge in [-0.25, -0.2) is 12.8 Å². The molecule has 22 heavy (non-hydrogen) atoms. The number of sulfonamides is 1. The number of hydrogen-bond donors (Lipinski definition) is 0. The van der Waals surface area contributed by atoms with Crippen molar-refractivity contribution in [2.24, 2.45) is 0 Å². The first kappa shape index (κ1) is 17.0. The third-order valence-electron chi connectivity index (χ3n) is 3.61. The number of hydrogen-bond acceptors (Lipinski definition) is 5. The summed E-state index contributed by atoms with van der Waals surface area (Å²) in [6.07, 6.45) is 0.521. The Morgan fingerprint density at radius 2 is 1.95 bits per heavy atom. The molecule has 1 unspecified atom stereocenters. The third kappa shape index (κ3) is 3.18. The van der Waals surface area contributed by atoms with Gasteiger partial charge in [0.1, 0.15) is 10.7 Å². The molecule has 0 bridgehead atoms. The van der Waals surface area contributed by atoms with E-state index in [1.54, 1.807) is 0 Å². The molecule has 1 atom stereocenters. The van der Waals surface area contributed by atoms with Crippen LogP contribution in [0.1, 0.15) is 13.3 Å². The fraction of sp³-hybridized carbons (Fsp3) is 0.571. The van der Waals surface area contributed by atoms with Gasteiger partial charge in [0.25, 0.3) is 0 Å². The van der Waals surface area contributed by atoms with Gasteiger partial charge in [0, 0.05) is 25.2 Å². The summed E-state index contributed by atoms with van der Waals surface area (Å²) in [6, 6.07) is 2.17. The van der Waals surface area contributed by atoms with Crippen LogP contribution in [0.4, 0.5) is 4.39 Å². The molecule has 8 heteroatoms. The normalized spacial score (nSPS) is 19.9. The van der Waals surface area contributed by atoms with Gasteiger partial charge < -0.3 is 14.2 Å². The van der Waals surface area contributed by atoms with Gasteiger partial charge in [-0.15, -0.1) is 0 Å². The van der Waals surface area contributed by atoms with Crippen molar-refractivity contribution in [3.8, 4) is 11.5 Å². The standard InChI is InChI=1S/C14H20FNO5S/c1-4-10-9-16(5-6-21-10)22(17,18)14-8-13(20-3)12(19-2)7-11(14)15/h7-8,10H,4-6,9H2,1-3H3. The highest BCUT2D eigenvalue weighted by Crippen LogP contribution is 2.33. The van der Waals surface area contributed by atoms with Crippen LogP contribution in [-0.4, -0.2) is 52.7 Å². The first-order valence-corrected chi connectivity index (χ1v) is 8.41. The molecule has 1 saturated heterocycles. The maximum atomic E-state index is 14.2. The molecule has 1 aromatic rings. The molecule has 1 heterocycles. The average molecular weight is 333 g/mol. The highest BCUT2D eigenvalue weighted by Gasteiger charge is 2.33. The van der Waals surface area contributed by atoms with Crippen molar-refractivity contribution in [3.63, 3.8) is 0 Å². The summed E-state index contributed by atoms with van der Waals surface area (Å²) in [5, 5.41) is 0. The molecule has 1 aliphatic heterocycles. The molecule has 6 nitrogen and oxygen atoms in total. The molecule has 0 amide bonds. The molecular weight excluding hydrogens is 313 g/mol. The third-order valence-corrected chi connectivity index (χ3v) is 5.49. The lowest BCUT2D eigenvalue weighted by atomic mass is 10.2. The van der Waals surface area contributed by atoms with E-state index in [4.69, 9.17) is 14.2 Å². The molecule has 2 rings (SSSR count). The molecule has 0 spiro atoms. The maximum Gasteiger partial charge on any atom is 0.246 e. The summed E-state index contributed by atoms with van der Waals surface area (Å²) in [5.41, 5.74) is 0. The Hall–Kier alpha value is -1.38. The van der Waals surface area contributed by atoms with E-state index in [2.05, 4.69) is 0 Å². The van der Waals surface area contributed by atoms with Crippen LogP contribution in [0.3, 0.4) is 0 Å². The van der Waals surface area contributed by atoms with Crippen molar-refractivity contribution in [1.82, 2.24) is 4.31 Å². The zero-order valence-corrected chi connectivity index (χ0v) is 13.7. The van der Waals surface area contributed by atoms with Crippen LogP contribution in [-0.2, 0) is 14.8 Å². The van der Waals surface area contributed by atoms with Crippen LogP contribution in [0.25, 0.3) is 0 Å². The first-order chi connectivity index (χ1) is 10.4. The second kappa shape index (κ2) is 6.80. The predicted octanol–water partition coefficient (Wildman–Crippen LogP) is 1.64. The van der Waals surface area contributed by atoms with Crippen molar-refractivity contribution in [2.75, 3.05) is 33.9 Å². The van der Waals surface area contributed by atoms with Gasteiger partial charge in [-0.3, -0.25) is 0 Å². The number of morpholine rings is 1. The quantitative estimate of drug-likeness (QED) is 0.820. The van der Waals surface area contributed by atoms with E-state index in [-0.39, 0.29) is 30.7 Å². The molecule has 1 aromatic carbocycles. The van der Waals surface area contributed by atoms with Crippen LogP contribution in [0.15, 0.2) is 17.0 Å². The molecular formula is C14H20FNO5S. The largest absolute Gasteiger partial charge is 0.493 e. The Morgan fingerprint density at radius 1 is 1.32 bits per heavy atom. The Balaban J connectivity index is 2.40. The maximum absolute atomic E-state index is 14.2. The van der Waals surface area contributed by atoms with Gasteiger partial charge in [0.2, 0.25) is 10.0 Å². The van der Waals surface area contributed by atoms with Crippen molar-refractivity contribution in [2.45, 2.75) is 24.3 Å². The van der Waals surface area contributed by atoms with E-state index in [0.29, 0.717) is 13.0 Å². The average Bonchev–Trinajstić information content (AvgIpc) is 2.54. The molecule has 0 N–H and O–H groups in total. The molecule has 0 aromatic heterocycles. The summed E-state index contributed by atoms with van der Waals surface area (Å²) in [4.78, 5) is -0.415. The Kier molecular flexibility index (Phi) is 5.25. The number of halogens is 1. The van der Waals surface area contributed by atoms with Gasteiger partial charge in [0.05, 0.1) is 26.9 Å². The lowest BCUT2D eigenvalue weighted by Crippen LogP contribution is -2.45. The lowest BCUT2D eigenvalue weighted by Gasteiger charge is -2.31. The van der Waals surface area contributed by atoms with Gasteiger partial charge in [-0.2, -0.15) is 4.31 Å². The van der Waals surface area contributed by atoms with Crippen LogP contribution in [0.2, 0.25) is 0 Å². The van der Waals surface area contributed by atoms with Crippen molar-refractivity contribution >= 4 is 10.0 Å². The minimum absolute atomic E-state index is 0.146. The van der Waals surface area contributed by atoms with Gasteiger partial charge in [-0.05, 0) is 6.42 Å². The molecule has 124 valence electrons. The van der Waals surface area contributed by atoms with E-state index in [0.717, 1.165) is 12.1 Å². The van der Waals surface area contributed by atoms with Gasteiger partial charge in [0.15, 0.2) is 11.5 Å². The number of nitrogens with zero attached hydrogens (tertiary/aromatic N) is 1. The highest BCUT2D eigenvalue weighted by molar-refractivity contribution is 7.89. The highest BCUT2D eigenvalue weighted by atomic mass is 32.2. The van der Waals surface area contributed by atoms with Crippen LogP contribution >= 0.6 is 0 Å². The van der Waals surface area contributed by atoms with Crippen LogP contribution in [0, 0.1) is 5.82 Å². The topological polar surface area (TPSA) is 65.1 Å². The van der Waals surface area contributed by atoms with E-state index < -0.39 is 20.7 Å². The molecule has 0 radical (unpaired) electrons. The Labute approximate surface area is 129 Å². The Morgan fingerprint density at radius 3 is 2.55 bits per heavy atom. The number of methoxy groups -OCH3 is 2. The van der Waals surface area contributed by atoms with E-state index >= 15 is 0 Å². The summed E-state index contributed by atoms with van der Waals surface area (Å²) in [7, 11) is -1.22. The summed E-state index contributed by atoms with van der Waals surface area (Å²) in [6.45, 7) is 2.63. The second-order valence-electron chi connectivity index (χ2n) is 4.90. The number of rotatable bonds is 5. The van der Waals surface area contributed by atoms with Gasteiger partial charge in [-0.1, -0.05) is 6.92 Å². The number of ether oxygens (including phenoxy) is 3. The van der Waals surface area contributed by atoms with E-state index in [1.807, 2.05) is 6.92 Å². The fourth-order valence-corrected chi connectivity index (χ4v) is 3.85. The van der Waals surface area contributed by atoms with Crippen molar-refractivity contribution < 1.29 is 27.0 Å². The van der Waals surface area contributed by atoms with E-state index in [9.17, 15) is 12.8 Å². The second-order valence-corrected chi connectivity index (χ2v) is 6.81. The molecule has 1 fully saturated rings. The van der Waals surface area contributed by atoms with Gasteiger partial charge >= 0.3 is 0 Å². The zero-order valence-electron chi connectivity index (χ0n) is 12.8. The van der Waals surface area contributed by atoms with Crippen molar-refractivity contribution in [3.05, 3.63) is 17.9 Å². The fourth-order valence-electron chi connectivity index (χ4n) is 2.33. The summed E-state index contributed by atoms with van der Waals surface area (Å²) >= 11 is 0. The lowest BCUT2D eigenvalue weighted by molar-refractivity contribution is -0.00283. The number of benzene rings is 1. The zero-order chi connectivity index (χ0) is 16.3. The predicted molar refractivity (Wildman–Crippen MR) is 78.3 cm³/mol.